The van der Waals surface area contributed by atoms with Crippen LogP contribution >= 0.6 is 22.6 Å². The second kappa shape index (κ2) is 6.35. The van der Waals surface area contributed by atoms with Gasteiger partial charge in [-0.05, 0) is 27.6 Å². The first kappa shape index (κ1) is 12.9. The molecule has 74 valence electrons. The van der Waals surface area contributed by atoms with Crippen LogP contribution in [0.2, 0.25) is 0 Å². The van der Waals surface area contributed by atoms with Crippen LogP contribution in [0.3, 0.4) is 0 Å². The van der Waals surface area contributed by atoms with Crippen molar-refractivity contribution < 1.29 is 0 Å². The average Bonchev–Trinajstić information content (AvgIpc) is 2.04. The summed E-state index contributed by atoms with van der Waals surface area (Å²) in [5.74, 6) is 0.854. The predicted octanol–water partition coefficient (Wildman–Crippen LogP) is 4.19. The highest BCUT2D eigenvalue weighted by atomic mass is 127. The number of allylic oxidation sites excluding steroid dienone is 3. The zero-order valence-corrected chi connectivity index (χ0v) is 10.9. The van der Waals surface area contributed by atoms with Gasteiger partial charge in [-0.3, -0.25) is 0 Å². The molecule has 0 saturated heterocycles. The maximum Gasteiger partial charge on any atom is 0.0339 e. The summed E-state index contributed by atoms with van der Waals surface area (Å²) < 4.78 is 2.08. The Morgan fingerprint density at radius 2 is 1.62 bits per heavy atom. The Balaban J connectivity index is 4.34. The second-order valence-corrected chi connectivity index (χ2v) is 4.33. The fraction of sp³-hybridized carbons (Fsp3) is 0.545. The Morgan fingerprint density at radius 1 is 1.08 bits per heavy atom. The van der Waals surface area contributed by atoms with Gasteiger partial charge >= 0.3 is 0 Å². The number of hydrogen-bond donors (Lipinski definition) is 1. The molecular formula is C11H18IN. The van der Waals surface area contributed by atoms with Crippen LogP contribution in [0.15, 0.2) is 21.8 Å². The van der Waals surface area contributed by atoms with Gasteiger partial charge in [-0.25, -0.2) is 0 Å². The molecule has 0 radical (unpaired) electrons. The number of rotatable bonds is 4. The van der Waals surface area contributed by atoms with Gasteiger partial charge < -0.3 is 5.41 Å². The van der Waals surface area contributed by atoms with Crippen molar-refractivity contribution in [1.29, 1.82) is 5.41 Å². The van der Waals surface area contributed by atoms with E-state index in [1.165, 1.54) is 5.57 Å². The Labute approximate surface area is 95.0 Å². The van der Waals surface area contributed by atoms with Crippen molar-refractivity contribution in [1.82, 2.24) is 0 Å². The van der Waals surface area contributed by atoms with E-state index in [2.05, 4.69) is 40.5 Å². The number of halogens is 1. The molecule has 0 rings (SSSR count). The van der Waals surface area contributed by atoms with E-state index in [0.717, 1.165) is 0 Å². The minimum atomic E-state index is 0.318. The molecule has 0 aliphatic carbocycles. The monoisotopic (exact) mass is 291 g/mol. The first-order chi connectivity index (χ1) is 5.99. The summed E-state index contributed by atoms with van der Waals surface area (Å²) >= 11 is 2.25. The maximum absolute atomic E-state index is 7.64. The van der Waals surface area contributed by atoms with Crippen LogP contribution in [0.4, 0.5) is 0 Å². The maximum atomic E-state index is 7.64. The van der Waals surface area contributed by atoms with Crippen LogP contribution in [-0.2, 0) is 0 Å². The molecule has 1 nitrogen and oxygen atoms in total. The van der Waals surface area contributed by atoms with Gasteiger partial charge in [-0.15, -0.1) is 0 Å². The third kappa shape index (κ3) is 5.24. The standard InChI is InChI=1S/C11H18IN/c1-8(2)10(7-12)5-6-11(13)9(3)4/h5-9,13H,1-4H3/b6-5-,10-7+,13-11?. The van der Waals surface area contributed by atoms with Gasteiger partial charge in [0.15, 0.2) is 0 Å². The van der Waals surface area contributed by atoms with Gasteiger partial charge in [0.1, 0.15) is 0 Å². The summed E-state index contributed by atoms with van der Waals surface area (Å²) in [4.78, 5) is 0. The van der Waals surface area contributed by atoms with Gasteiger partial charge in [0, 0.05) is 5.71 Å². The Bertz CT molecular complexity index is 224. The van der Waals surface area contributed by atoms with Crippen LogP contribution in [-0.4, -0.2) is 5.71 Å². The zero-order chi connectivity index (χ0) is 10.4. The lowest BCUT2D eigenvalue weighted by atomic mass is 10.0. The van der Waals surface area contributed by atoms with Crippen molar-refractivity contribution >= 4 is 28.3 Å². The number of hydrogen-bond acceptors (Lipinski definition) is 1. The van der Waals surface area contributed by atoms with E-state index in [9.17, 15) is 0 Å². The first-order valence-electron chi connectivity index (χ1n) is 4.55. The highest BCUT2D eigenvalue weighted by Gasteiger charge is 2.00. The van der Waals surface area contributed by atoms with Gasteiger partial charge in [-0.2, -0.15) is 0 Å². The molecule has 13 heavy (non-hydrogen) atoms. The smallest absolute Gasteiger partial charge is 0.0339 e. The van der Waals surface area contributed by atoms with Gasteiger partial charge in [-0.1, -0.05) is 56.4 Å². The summed E-state index contributed by atoms with van der Waals surface area (Å²) in [5, 5.41) is 7.64. The molecular weight excluding hydrogens is 273 g/mol. The van der Waals surface area contributed by atoms with E-state index < -0.39 is 0 Å². The van der Waals surface area contributed by atoms with Crippen molar-refractivity contribution in [3.8, 4) is 0 Å². The van der Waals surface area contributed by atoms with E-state index in [0.29, 0.717) is 17.5 Å². The van der Waals surface area contributed by atoms with Crippen LogP contribution < -0.4 is 0 Å². The van der Waals surface area contributed by atoms with Gasteiger partial charge in [0.05, 0.1) is 0 Å². The number of nitrogens with one attached hydrogen (secondary N) is 1. The highest BCUT2D eigenvalue weighted by Crippen LogP contribution is 2.13. The van der Waals surface area contributed by atoms with Crippen molar-refractivity contribution in [2.24, 2.45) is 11.8 Å². The molecule has 2 heteroatoms. The molecule has 0 aromatic rings. The topological polar surface area (TPSA) is 23.9 Å². The van der Waals surface area contributed by atoms with Crippen LogP contribution in [0.5, 0.6) is 0 Å². The molecule has 0 spiro atoms. The predicted molar refractivity (Wildman–Crippen MR) is 68.6 cm³/mol. The molecule has 0 aliphatic rings. The van der Waals surface area contributed by atoms with E-state index in [4.69, 9.17) is 5.41 Å². The van der Waals surface area contributed by atoms with E-state index in [1.54, 1.807) is 0 Å². The fourth-order valence-electron chi connectivity index (χ4n) is 0.733. The van der Waals surface area contributed by atoms with Crippen molar-refractivity contribution in [2.45, 2.75) is 27.7 Å². The largest absolute Gasteiger partial charge is 0.305 e. The van der Waals surface area contributed by atoms with E-state index in [-0.39, 0.29) is 0 Å². The molecule has 0 fully saturated rings. The quantitative estimate of drug-likeness (QED) is 0.456. The molecule has 1 N–H and O–H groups in total. The fourth-order valence-corrected chi connectivity index (χ4v) is 1.66. The minimum Gasteiger partial charge on any atom is -0.305 e. The summed E-state index contributed by atoms with van der Waals surface area (Å²) in [7, 11) is 0. The molecule has 0 atom stereocenters. The van der Waals surface area contributed by atoms with Crippen molar-refractivity contribution in [2.75, 3.05) is 0 Å². The minimum absolute atomic E-state index is 0.318. The van der Waals surface area contributed by atoms with Crippen molar-refractivity contribution in [3.05, 3.63) is 21.8 Å². The molecule has 0 unspecified atom stereocenters. The Morgan fingerprint density at radius 3 is 1.92 bits per heavy atom. The summed E-state index contributed by atoms with van der Waals surface area (Å²) in [6, 6.07) is 0. The summed E-state index contributed by atoms with van der Waals surface area (Å²) in [5.41, 5.74) is 1.97. The SMILES string of the molecule is CC(C)C(=N)/C=C\C(=C/I)C(C)C. The Hall–Kier alpha value is -0.120. The molecule has 0 heterocycles. The van der Waals surface area contributed by atoms with Crippen LogP contribution in [0.1, 0.15) is 27.7 Å². The molecule has 0 saturated carbocycles. The second-order valence-electron chi connectivity index (χ2n) is 3.71. The van der Waals surface area contributed by atoms with Gasteiger partial charge in [0.2, 0.25) is 0 Å². The summed E-state index contributed by atoms with van der Waals surface area (Å²) in [6.45, 7) is 8.40. The third-order valence-corrected chi connectivity index (χ3v) is 2.59. The van der Waals surface area contributed by atoms with Crippen LogP contribution in [0, 0.1) is 17.2 Å². The van der Waals surface area contributed by atoms with Crippen LogP contribution in [0.25, 0.3) is 0 Å². The Kier molecular flexibility index (Phi) is 6.29. The van der Waals surface area contributed by atoms with Gasteiger partial charge in [0.25, 0.3) is 0 Å². The van der Waals surface area contributed by atoms with Crippen molar-refractivity contribution in [3.63, 3.8) is 0 Å². The zero-order valence-electron chi connectivity index (χ0n) is 8.76. The molecule has 0 aromatic carbocycles. The third-order valence-electron chi connectivity index (χ3n) is 1.87. The highest BCUT2D eigenvalue weighted by molar-refractivity contribution is 14.1. The molecule has 0 bridgehead atoms. The van der Waals surface area contributed by atoms with E-state index >= 15 is 0 Å². The first-order valence-corrected chi connectivity index (χ1v) is 5.80. The normalized spacial score (nSPS) is 13.3. The molecule has 0 aromatic heterocycles. The lowest BCUT2D eigenvalue weighted by molar-refractivity contribution is 0.794. The lowest BCUT2D eigenvalue weighted by Gasteiger charge is -2.05. The lowest BCUT2D eigenvalue weighted by Crippen LogP contribution is -2.01. The molecule has 0 aliphatic heterocycles. The van der Waals surface area contributed by atoms with E-state index in [1.807, 2.05) is 26.0 Å². The average molecular weight is 291 g/mol. The summed E-state index contributed by atoms with van der Waals surface area (Å²) in [6.07, 6.45) is 3.94. The molecule has 0 amide bonds.